The number of pyridine rings is 1. The van der Waals surface area contributed by atoms with E-state index in [1.54, 1.807) is 26.2 Å². The highest BCUT2D eigenvalue weighted by molar-refractivity contribution is 7.89. The van der Waals surface area contributed by atoms with E-state index in [1.165, 1.54) is 11.1 Å². The van der Waals surface area contributed by atoms with Gasteiger partial charge in [0.1, 0.15) is 11.7 Å². The maximum atomic E-state index is 12.9. The minimum atomic E-state index is -4.64. The lowest BCUT2D eigenvalue weighted by Gasteiger charge is -2.19. The van der Waals surface area contributed by atoms with Gasteiger partial charge in [-0.1, -0.05) is 6.07 Å². The zero-order valence-corrected chi connectivity index (χ0v) is 17.1. The number of ether oxygens (including phenoxy) is 1. The molecule has 30 heavy (non-hydrogen) atoms. The third kappa shape index (κ3) is 4.57. The number of alkyl halides is 3. The minimum absolute atomic E-state index is 0.0647. The molecule has 1 fully saturated rings. The van der Waals surface area contributed by atoms with Crippen LogP contribution in [0.5, 0.6) is 5.88 Å². The Morgan fingerprint density at radius 3 is 2.63 bits per heavy atom. The van der Waals surface area contributed by atoms with Gasteiger partial charge in [-0.05, 0) is 36.8 Å². The predicted octanol–water partition coefficient (Wildman–Crippen LogP) is 2.64. The molecule has 1 saturated heterocycles. The van der Waals surface area contributed by atoms with Crippen molar-refractivity contribution in [2.45, 2.75) is 23.6 Å². The van der Waals surface area contributed by atoms with Crippen LogP contribution in [-0.4, -0.2) is 61.8 Å². The average molecular weight is 443 g/mol. The van der Waals surface area contributed by atoms with E-state index in [0.29, 0.717) is 12.5 Å². The maximum absolute atomic E-state index is 12.9. The number of halogens is 3. The van der Waals surface area contributed by atoms with Gasteiger partial charge in [-0.25, -0.2) is 13.4 Å². The molecule has 162 valence electrons. The summed E-state index contributed by atoms with van der Waals surface area (Å²) in [5.74, 6) is -0.232. The molecule has 0 radical (unpaired) electrons. The van der Waals surface area contributed by atoms with Crippen molar-refractivity contribution in [3.8, 4) is 5.88 Å². The topological polar surface area (TPSA) is 79.8 Å². The molecule has 11 heteroatoms. The Morgan fingerprint density at radius 2 is 1.97 bits per heavy atom. The van der Waals surface area contributed by atoms with Gasteiger partial charge in [-0.2, -0.15) is 17.5 Å². The first kappa shape index (κ1) is 22.0. The fraction of sp³-hybridized carbons (Fsp3) is 0.368. The summed E-state index contributed by atoms with van der Waals surface area (Å²) in [4.78, 5) is 17.3. The standard InChI is InChI=1S/C19H20F3N3O4S/c1-24(2)18(26)16-7-4-9-23-17(16)29-14-8-10-25(12-14)30(27,28)15-6-3-5-13(11-15)19(20,21)22/h3-7,9,11,14H,8,10,12H2,1-2H3. The normalized spacial score (nSPS) is 17.7. The van der Waals surface area contributed by atoms with Crippen molar-refractivity contribution in [3.63, 3.8) is 0 Å². The summed E-state index contributed by atoms with van der Waals surface area (Å²) in [7, 11) is -0.966. The zero-order chi connectivity index (χ0) is 22.1. The van der Waals surface area contributed by atoms with Crippen LogP contribution in [0.4, 0.5) is 13.2 Å². The van der Waals surface area contributed by atoms with Crippen molar-refractivity contribution < 1.29 is 31.1 Å². The highest BCUT2D eigenvalue weighted by Gasteiger charge is 2.36. The molecule has 1 aliphatic heterocycles. The molecule has 1 amide bonds. The van der Waals surface area contributed by atoms with Crippen LogP contribution in [0.1, 0.15) is 22.3 Å². The van der Waals surface area contributed by atoms with Crippen LogP contribution in [-0.2, 0) is 16.2 Å². The summed E-state index contributed by atoms with van der Waals surface area (Å²) in [5.41, 5.74) is -0.794. The first-order valence-corrected chi connectivity index (χ1v) is 10.4. The summed E-state index contributed by atoms with van der Waals surface area (Å²) in [6.45, 7) is 0.0117. The molecule has 3 rings (SSSR count). The molecule has 0 N–H and O–H groups in total. The van der Waals surface area contributed by atoms with E-state index in [4.69, 9.17) is 4.74 Å². The number of amides is 1. The summed E-state index contributed by atoms with van der Waals surface area (Å²) < 4.78 is 71.2. The molecule has 1 aromatic carbocycles. The lowest BCUT2D eigenvalue weighted by molar-refractivity contribution is -0.137. The number of hydrogen-bond donors (Lipinski definition) is 0. The van der Waals surface area contributed by atoms with Gasteiger partial charge in [0.15, 0.2) is 0 Å². The quantitative estimate of drug-likeness (QED) is 0.710. The summed E-state index contributed by atoms with van der Waals surface area (Å²) in [5, 5.41) is 0. The second-order valence-corrected chi connectivity index (χ2v) is 8.91. The monoisotopic (exact) mass is 443 g/mol. The molecule has 1 aromatic heterocycles. The van der Waals surface area contributed by atoms with Crippen LogP contribution in [0.3, 0.4) is 0 Å². The van der Waals surface area contributed by atoms with Crippen LogP contribution in [0.15, 0.2) is 47.5 Å². The summed E-state index contributed by atoms with van der Waals surface area (Å²) >= 11 is 0. The third-order valence-corrected chi connectivity index (χ3v) is 6.45. The Kier molecular flexibility index (Phi) is 6.04. The SMILES string of the molecule is CN(C)C(=O)c1cccnc1OC1CCN(S(=O)(=O)c2cccc(C(F)(F)F)c2)C1. The highest BCUT2D eigenvalue weighted by Crippen LogP contribution is 2.32. The molecule has 2 aromatic rings. The second kappa shape index (κ2) is 8.23. The third-order valence-electron chi connectivity index (χ3n) is 4.59. The number of rotatable bonds is 5. The highest BCUT2D eigenvalue weighted by atomic mass is 32.2. The molecule has 0 bridgehead atoms. The van der Waals surface area contributed by atoms with E-state index in [2.05, 4.69) is 4.98 Å². The van der Waals surface area contributed by atoms with Crippen molar-refractivity contribution in [3.05, 3.63) is 53.7 Å². The Hall–Kier alpha value is -2.66. The number of aromatic nitrogens is 1. The number of carbonyl (C=O) groups is 1. The van der Waals surface area contributed by atoms with Crippen molar-refractivity contribution in [2.24, 2.45) is 0 Å². The van der Waals surface area contributed by atoms with E-state index >= 15 is 0 Å². The van der Waals surface area contributed by atoms with Crippen LogP contribution < -0.4 is 4.74 Å². The predicted molar refractivity (Wildman–Crippen MR) is 101 cm³/mol. The molecule has 1 unspecified atom stereocenters. The van der Waals surface area contributed by atoms with E-state index in [0.717, 1.165) is 22.5 Å². The first-order valence-electron chi connectivity index (χ1n) is 9.01. The van der Waals surface area contributed by atoms with E-state index < -0.39 is 32.8 Å². The van der Waals surface area contributed by atoms with Crippen LogP contribution in [0.25, 0.3) is 0 Å². The maximum Gasteiger partial charge on any atom is 0.416 e. The zero-order valence-electron chi connectivity index (χ0n) is 16.3. The summed E-state index contributed by atoms with van der Waals surface area (Å²) in [6.07, 6.45) is -3.47. The second-order valence-electron chi connectivity index (χ2n) is 6.97. The van der Waals surface area contributed by atoms with Gasteiger partial charge in [0, 0.05) is 26.8 Å². The Bertz CT molecular complexity index is 1040. The number of hydrogen-bond acceptors (Lipinski definition) is 5. The van der Waals surface area contributed by atoms with Gasteiger partial charge in [0.2, 0.25) is 15.9 Å². The molecule has 0 saturated carbocycles. The smallest absolute Gasteiger partial charge is 0.416 e. The van der Waals surface area contributed by atoms with Gasteiger partial charge in [0.25, 0.3) is 5.91 Å². The van der Waals surface area contributed by atoms with Gasteiger partial charge in [-0.3, -0.25) is 4.79 Å². The van der Waals surface area contributed by atoms with Gasteiger partial charge >= 0.3 is 6.18 Å². The molecule has 7 nitrogen and oxygen atoms in total. The lowest BCUT2D eigenvalue weighted by Crippen LogP contribution is -2.31. The largest absolute Gasteiger partial charge is 0.472 e. The van der Waals surface area contributed by atoms with Crippen molar-refractivity contribution in [1.82, 2.24) is 14.2 Å². The first-order chi connectivity index (χ1) is 14.0. The van der Waals surface area contributed by atoms with Crippen LogP contribution >= 0.6 is 0 Å². The Morgan fingerprint density at radius 1 is 1.23 bits per heavy atom. The van der Waals surface area contributed by atoms with Crippen molar-refractivity contribution in [2.75, 3.05) is 27.2 Å². The van der Waals surface area contributed by atoms with Crippen LogP contribution in [0, 0.1) is 0 Å². The lowest BCUT2D eigenvalue weighted by atomic mass is 10.2. The van der Waals surface area contributed by atoms with Crippen molar-refractivity contribution >= 4 is 15.9 Å². The summed E-state index contributed by atoms with van der Waals surface area (Å²) in [6, 6.07) is 6.77. The molecule has 1 aliphatic rings. The molecular formula is C19H20F3N3O4S. The Labute approximate surface area is 172 Å². The number of benzene rings is 1. The number of carbonyl (C=O) groups excluding carboxylic acids is 1. The molecule has 0 spiro atoms. The van der Waals surface area contributed by atoms with E-state index in [-0.39, 0.29) is 30.4 Å². The average Bonchev–Trinajstić information content (AvgIpc) is 3.16. The molecular weight excluding hydrogens is 423 g/mol. The fourth-order valence-electron chi connectivity index (χ4n) is 3.04. The van der Waals surface area contributed by atoms with Gasteiger partial charge in [-0.15, -0.1) is 0 Å². The van der Waals surface area contributed by atoms with E-state index in [9.17, 15) is 26.4 Å². The number of sulfonamides is 1. The number of nitrogens with zero attached hydrogens (tertiary/aromatic N) is 3. The molecule has 1 atom stereocenters. The minimum Gasteiger partial charge on any atom is -0.472 e. The van der Waals surface area contributed by atoms with Crippen LogP contribution in [0.2, 0.25) is 0 Å². The fourth-order valence-corrected chi connectivity index (χ4v) is 4.57. The molecule has 0 aliphatic carbocycles. The molecule has 2 heterocycles. The van der Waals surface area contributed by atoms with E-state index in [1.807, 2.05) is 0 Å². The van der Waals surface area contributed by atoms with Crippen molar-refractivity contribution in [1.29, 1.82) is 0 Å². The Balaban J connectivity index is 1.77. The van der Waals surface area contributed by atoms with Gasteiger partial charge in [0.05, 0.1) is 17.0 Å². The van der Waals surface area contributed by atoms with Gasteiger partial charge < -0.3 is 9.64 Å².